The summed E-state index contributed by atoms with van der Waals surface area (Å²) < 4.78 is 0. The molecule has 1 saturated heterocycles. The lowest BCUT2D eigenvalue weighted by atomic mass is 9.93. The highest BCUT2D eigenvalue weighted by Crippen LogP contribution is 2.24. The number of piperidine rings is 1. The molecule has 2 unspecified atom stereocenters. The Bertz CT molecular complexity index is 447. The van der Waals surface area contributed by atoms with E-state index < -0.39 is 11.5 Å². The van der Waals surface area contributed by atoms with Crippen LogP contribution in [0.3, 0.4) is 0 Å². The van der Waals surface area contributed by atoms with Crippen LogP contribution in [0.5, 0.6) is 0 Å². The molecule has 1 aliphatic heterocycles. The second-order valence-corrected chi connectivity index (χ2v) is 6.69. The van der Waals surface area contributed by atoms with E-state index in [1.54, 1.807) is 4.90 Å². The summed E-state index contributed by atoms with van der Waals surface area (Å²) in [5, 5.41) is 9.25. The third-order valence-electron chi connectivity index (χ3n) is 4.81. The quantitative estimate of drug-likeness (QED) is 0.836. The van der Waals surface area contributed by atoms with Gasteiger partial charge in [0.2, 0.25) is 11.8 Å². The molecule has 6 heteroatoms. The SMILES string of the molecule is CCC(C)C(=O)N1CCCC(C(=O)N(C)C(C)(C)C(=O)O)C1. The average molecular weight is 312 g/mol. The number of likely N-dealkylation sites (N-methyl/N-ethyl adjacent to an activating group) is 1. The molecule has 1 rings (SSSR count). The molecule has 126 valence electrons. The lowest BCUT2D eigenvalue weighted by Gasteiger charge is -2.38. The molecular formula is C16H28N2O4. The van der Waals surface area contributed by atoms with E-state index in [4.69, 9.17) is 0 Å². The van der Waals surface area contributed by atoms with Gasteiger partial charge in [-0.2, -0.15) is 0 Å². The van der Waals surface area contributed by atoms with E-state index in [0.717, 1.165) is 12.8 Å². The van der Waals surface area contributed by atoms with Crippen molar-refractivity contribution in [1.82, 2.24) is 9.80 Å². The van der Waals surface area contributed by atoms with E-state index in [1.165, 1.54) is 25.8 Å². The number of carboxylic acids is 1. The summed E-state index contributed by atoms with van der Waals surface area (Å²) in [5.74, 6) is -1.51. The molecule has 1 heterocycles. The van der Waals surface area contributed by atoms with Crippen molar-refractivity contribution in [2.45, 2.75) is 52.5 Å². The molecule has 0 bridgehead atoms. The first kappa shape index (κ1) is 18.5. The van der Waals surface area contributed by atoms with Crippen LogP contribution in [0.1, 0.15) is 47.0 Å². The fourth-order valence-electron chi connectivity index (χ4n) is 2.56. The number of nitrogens with zero attached hydrogens (tertiary/aromatic N) is 2. The predicted octanol–water partition coefficient (Wildman–Crippen LogP) is 1.59. The molecule has 0 saturated carbocycles. The second-order valence-electron chi connectivity index (χ2n) is 6.69. The Morgan fingerprint density at radius 2 is 1.95 bits per heavy atom. The summed E-state index contributed by atoms with van der Waals surface area (Å²) in [6, 6.07) is 0. The Hall–Kier alpha value is -1.59. The number of amides is 2. The fourth-order valence-corrected chi connectivity index (χ4v) is 2.56. The molecule has 0 radical (unpaired) electrons. The normalized spacial score (nSPS) is 20.4. The maximum Gasteiger partial charge on any atom is 0.329 e. The van der Waals surface area contributed by atoms with Crippen LogP contribution in [0.25, 0.3) is 0 Å². The van der Waals surface area contributed by atoms with Gasteiger partial charge in [0.1, 0.15) is 5.54 Å². The van der Waals surface area contributed by atoms with Gasteiger partial charge in [0.15, 0.2) is 0 Å². The summed E-state index contributed by atoms with van der Waals surface area (Å²) in [6.07, 6.45) is 2.25. The number of carbonyl (C=O) groups is 3. The van der Waals surface area contributed by atoms with Crippen LogP contribution in [0.2, 0.25) is 0 Å². The number of carboxylic acid groups (broad SMARTS) is 1. The van der Waals surface area contributed by atoms with Crippen molar-refractivity contribution in [3.63, 3.8) is 0 Å². The Kier molecular flexibility index (Phi) is 5.97. The Morgan fingerprint density at radius 3 is 2.45 bits per heavy atom. The summed E-state index contributed by atoms with van der Waals surface area (Å²) in [5.41, 5.74) is -1.25. The monoisotopic (exact) mass is 312 g/mol. The number of aliphatic carboxylic acids is 1. The molecule has 0 aromatic heterocycles. The lowest BCUT2D eigenvalue weighted by Crippen LogP contribution is -2.55. The number of rotatable bonds is 5. The van der Waals surface area contributed by atoms with Gasteiger partial charge >= 0.3 is 5.97 Å². The third-order valence-corrected chi connectivity index (χ3v) is 4.81. The van der Waals surface area contributed by atoms with Crippen molar-refractivity contribution >= 4 is 17.8 Å². The summed E-state index contributed by atoms with van der Waals surface area (Å²) in [4.78, 5) is 39.2. The maximum atomic E-state index is 12.6. The minimum atomic E-state index is -1.25. The van der Waals surface area contributed by atoms with E-state index in [2.05, 4.69) is 0 Å². The predicted molar refractivity (Wildman–Crippen MR) is 83.2 cm³/mol. The van der Waals surface area contributed by atoms with Gasteiger partial charge < -0.3 is 14.9 Å². The highest BCUT2D eigenvalue weighted by atomic mass is 16.4. The average Bonchev–Trinajstić information content (AvgIpc) is 2.51. The molecule has 2 amide bonds. The minimum Gasteiger partial charge on any atom is -0.480 e. The topological polar surface area (TPSA) is 77.9 Å². The first-order valence-corrected chi connectivity index (χ1v) is 7.92. The van der Waals surface area contributed by atoms with E-state index in [1.807, 2.05) is 13.8 Å². The zero-order valence-electron chi connectivity index (χ0n) is 14.3. The fraction of sp³-hybridized carbons (Fsp3) is 0.812. The lowest BCUT2D eigenvalue weighted by molar-refractivity contribution is -0.158. The third kappa shape index (κ3) is 3.78. The molecule has 6 nitrogen and oxygen atoms in total. The molecule has 0 aromatic carbocycles. The minimum absolute atomic E-state index is 0.0398. The van der Waals surface area contributed by atoms with Gasteiger partial charge in [-0.25, -0.2) is 4.79 Å². The van der Waals surface area contributed by atoms with Crippen LogP contribution in [-0.2, 0) is 14.4 Å². The second kappa shape index (κ2) is 7.11. The van der Waals surface area contributed by atoms with Gasteiger partial charge in [-0.3, -0.25) is 9.59 Å². The van der Waals surface area contributed by atoms with Gasteiger partial charge in [-0.05, 0) is 33.1 Å². The van der Waals surface area contributed by atoms with Crippen molar-refractivity contribution in [1.29, 1.82) is 0 Å². The van der Waals surface area contributed by atoms with E-state index in [9.17, 15) is 19.5 Å². The maximum absolute atomic E-state index is 12.6. The van der Waals surface area contributed by atoms with Crippen molar-refractivity contribution in [3.8, 4) is 0 Å². The highest BCUT2D eigenvalue weighted by molar-refractivity contribution is 5.88. The number of likely N-dealkylation sites (tertiary alicyclic amines) is 1. The first-order valence-electron chi connectivity index (χ1n) is 7.92. The van der Waals surface area contributed by atoms with E-state index >= 15 is 0 Å². The van der Waals surface area contributed by atoms with E-state index in [-0.39, 0.29) is 23.7 Å². The van der Waals surface area contributed by atoms with Gasteiger partial charge in [0.05, 0.1) is 5.92 Å². The zero-order valence-corrected chi connectivity index (χ0v) is 14.3. The molecule has 1 fully saturated rings. The van der Waals surface area contributed by atoms with Gasteiger partial charge in [0.25, 0.3) is 0 Å². The number of carbonyl (C=O) groups excluding carboxylic acids is 2. The number of hydrogen-bond donors (Lipinski definition) is 1. The molecule has 0 spiro atoms. The largest absolute Gasteiger partial charge is 0.480 e. The van der Waals surface area contributed by atoms with Gasteiger partial charge in [-0.1, -0.05) is 13.8 Å². The summed E-state index contributed by atoms with van der Waals surface area (Å²) >= 11 is 0. The highest BCUT2D eigenvalue weighted by Gasteiger charge is 2.39. The molecule has 1 aliphatic rings. The Labute approximate surface area is 132 Å². The van der Waals surface area contributed by atoms with Crippen molar-refractivity contribution < 1.29 is 19.5 Å². The molecule has 2 atom stereocenters. The zero-order chi connectivity index (χ0) is 17.1. The van der Waals surface area contributed by atoms with Crippen LogP contribution in [0.4, 0.5) is 0 Å². The molecule has 0 aromatic rings. The molecule has 22 heavy (non-hydrogen) atoms. The van der Waals surface area contributed by atoms with E-state index in [0.29, 0.717) is 19.5 Å². The van der Waals surface area contributed by atoms with Crippen LogP contribution < -0.4 is 0 Å². The summed E-state index contributed by atoms with van der Waals surface area (Å²) in [7, 11) is 1.52. The molecular weight excluding hydrogens is 284 g/mol. The smallest absolute Gasteiger partial charge is 0.329 e. The molecule has 1 N–H and O–H groups in total. The molecule has 0 aliphatic carbocycles. The van der Waals surface area contributed by atoms with Gasteiger partial charge in [-0.15, -0.1) is 0 Å². The van der Waals surface area contributed by atoms with Crippen molar-refractivity contribution in [2.75, 3.05) is 20.1 Å². The van der Waals surface area contributed by atoms with Crippen LogP contribution in [0.15, 0.2) is 0 Å². The van der Waals surface area contributed by atoms with Crippen LogP contribution in [0, 0.1) is 11.8 Å². The Balaban J connectivity index is 2.78. The van der Waals surface area contributed by atoms with Gasteiger partial charge in [0, 0.05) is 26.1 Å². The van der Waals surface area contributed by atoms with Crippen molar-refractivity contribution in [3.05, 3.63) is 0 Å². The van der Waals surface area contributed by atoms with Crippen LogP contribution >= 0.6 is 0 Å². The first-order chi connectivity index (χ1) is 10.1. The number of hydrogen-bond acceptors (Lipinski definition) is 3. The standard InChI is InChI=1S/C16H28N2O4/c1-6-11(2)13(19)18-9-7-8-12(10-18)14(20)17(5)16(3,4)15(21)22/h11-12H,6-10H2,1-5H3,(H,21,22). The van der Waals surface area contributed by atoms with Crippen molar-refractivity contribution in [2.24, 2.45) is 11.8 Å². The summed E-state index contributed by atoms with van der Waals surface area (Å²) in [6.45, 7) is 7.96. The Morgan fingerprint density at radius 1 is 1.36 bits per heavy atom. The van der Waals surface area contributed by atoms with Crippen LogP contribution in [-0.4, -0.2) is 58.4 Å².